The number of hydrogen-bond acceptors (Lipinski definition) is 4. The molecule has 0 saturated heterocycles. The predicted molar refractivity (Wildman–Crippen MR) is 148 cm³/mol. The van der Waals surface area contributed by atoms with Crippen molar-refractivity contribution in [2.24, 2.45) is 0 Å². The summed E-state index contributed by atoms with van der Waals surface area (Å²) >= 11 is 18.6. The lowest BCUT2D eigenvalue weighted by Crippen LogP contribution is -2.50. The maximum Gasteiger partial charge on any atom is 0.264 e. The van der Waals surface area contributed by atoms with E-state index in [2.05, 4.69) is 5.32 Å². The molecule has 37 heavy (non-hydrogen) atoms. The van der Waals surface area contributed by atoms with Gasteiger partial charge >= 0.3 is 0 Å². The van der Waals surface area contributed by atoms with Crippen molar-refractivity contribution in [1.29, 1.82) is 0 Å². The Kier molecular flexibility index (Phi) is 9.47. The fraction of sp³-hybridized carbons (Fsp3) is 0.231. The number of amides is 2. The molecular formula is C26H26Cl3N3O4S. The number of rotatable bonds is 9. The number of nitrogens with one attached hydrogen (secondary N) is 1. The van der Waals surface area contributed by atoms with E-state index >= 15 is 0 Å². The second-order valence-electron chi connectivity index (χ2n) is 8.31. The number of carbonyl (C=O) groups excluding carboxylic acids is 2. The molecule has 3 aromatic carbocycles. The standard InChI is InChI=1S/C26H26Cl3N3O4S/c1-17-7-11-20(12-8-17)32(37(35,36)21-13-9-19(27)10-14-21)16-25(33)31(18(2)26(34)30-3)15-22-23(28)5-4-6-24(22)29/h4-14,18H,15-16H2,1-3H3,(H,30,34)/t18-/m0/s1. The molecule has 1 N–H and O–H groups in total. The molecule has 0 aliphatic carbocycles. The van der Waals surface area contributed by atoms with Gasteiger partial charge < -0.3 is 10.2 Å². The molecule has 0 saturated carbocycles. The van der Waals surface area contributed by atoms with Gasteiger partial charge in [-0.25, -0.2) is 8.42 Å². The molecule has 0 aromatic heterocycles. The van der Waals surface area contributed by atoms with Crippen molar-refractivity contribution < 1.29 is 18.0 Å². The van der Waals surface area contributed by atoms with Gasteiger partial charge in [0.05, 0.1) is 10.6 Å². The number of benzene rings is 3. The van der Waals surface area contributed by atoms with Crippen LogP contribution in [0.25, 0.3) is 0 Å². The highest BCUT2D eigenvalue weighted by molar-refractivity contribution is 7.92. The molecule has 3 aromatic rings. The van der Waals surface area contributed by atoms with Gasteiger partial charge in [-0.2, -0.15) is 0 Å². The molecule has 0 aliphatic rings. The lowest BCUT2D eigenvalue weighted by molar-refractivity contribution is -0.139. The van der Waals surface area contributed by atoms with Gasteiger partial charge in [0.1, 0.15) is 12.6 Å². The summed E-state index contributed by atoms with van der Waals surface area (Å²) in [5.74, 6) is -1.05. The van der Waals surface area contributed by atoms with E-state index in [9.17, 15) is 18.0 Å². The quantitative estimate of drug-likeness (QED) is 0.370. The first-order chi connectivity index (χ1) is 17.4. The van der Waals surface area contributed by atoms with E-state index < -0.39 is 34.4 Å². The van der Waals surface area contributed by atoms with Crippen LogP contribution in [0.1, 0.15) is 18.1 Å². The van der Waals surface area contributed by atoms with E-state index in [0.29, 0.717) is 20.6 Å². The van der Waals surface area contributed by atoms with Gasteiger partial charge in [0.2, 0.25) is 11.8 Å². The first-order valence-electron chi connectivity index (χ1n) is 11.2. The fourth-order valence-electron chi connectivity index (χ4n) is 3.62. The average molecular weight is 583 g/mol. The number of anilines is 1. The molecule has 0 spiro atoms. The van der Waals surface area contributed by atoms with Crippen LogP contribution in [-0.2, 0) is 26.2 Å². The monoisotopic (exact) mass is 581 g/mol. The molecule has 7 nitrogen and oxygen atoms in total. The second kappa shape index (κ2) is 12.2. The summed E-state index contributed by atoms with van der Waals surface area (Å²) in [6, 6.07) is 16.4. The van der Waals surface area contributed by atoms with Crippen molar-refractivity contribution >= 4 is 62.3 Å². The van der Waals surface area contributed by atoms with E-state index in [1.165, 1.54) is 36.2 Å². The topological polar surface area (TPSA) is 86.8 Å². The highest BCUT2D eigenvalue weighted by Gasteiger charge is 2.32. The molecule has 3 rings (SSSR count). The molecule has 0 radical (unpaired) electrons. The Morgan fingerprint density at radius 1 is 0.919 bits per heavy atom. The van der Waals surface area contributed by atoms with Crippen molar-refractivity contribution in [1.82, 2.24) is 10.2 Å². The number of hydrogen-bond donors (Lipinski definition) is 1. The summed E-state index contributed by atoms with van der Waals surface area (Å²) in [6.45, 7) is 2.74. The van der Waals surface area contributed by atoms with Gasteiger partial charge in [-0.15, -0.1) is 0 Å². The third-order valence-corrected chi connectivity index (χ3v) is 8.55. The zero-order chi connectivity index (χ0) is 27.3. The Balaban J connectivity index is 2.06. The maximum absolute atomic E-state index is 13.7. The number of carbonyl (C=O) groups is 2. The fourth-order valence-corrected chi connectivity index (χ4v) is 5.68. The molecule has 1 atom stereocenters. The summed E-state index contributed by atoms with van der Waals surface area (Å²) in [5.41, 5.74) is 1.65. The number of aryl methyl sites for hydroxylation is 1. The van der Waals surface area contributed by atoms with Gasteiger partial charge in [0, 0.05) is 34.2 Å². The molecule has 0 heterocycles. The van der Waals surface area contributed by atoms with Crippen LogP contribution in [0.2, 0.25) is 15.1 Å². The maximum atomic E-state index is 13.7. The smallest absolute Gasteiger partial charge is 0.264 e. The van der Waals surface area contributed by atoms with Crippen LogP contribution in [-0.4, -0.2) is 44.8 Å². The first kappa shape index (κ1) is 28.8. The number of likely N-dealkylation sites (N-methyl/N-ethyl adjacent to an activating group) is 1. The molecule has 196 valence electrons. The second-order valence-corrected chi connectivity index (χ2v) is 11.4. The summed E-state index contributed by atoms with van der Waals surface area (Å²) in [4.78, 5) is 27.5. The van der Waals surface area contributed by atoms with Crippen molar-refractivity contribution in [3.63, 3.8) is 0 Å². The van der Waals surface area contributed by atoms with E-state index in [4.69, 9.17) is 34.8 Å². The summed E-state index contributed by atoms with van der Waals surface area (Å²) in [7, 11) is -2.73. The van der Waals surface area contributed by atoms with Crippen LogP contribution in [0.15, 0.2) is 71.6 Å². The Bertz CT molecular complexity index is 1360. The summed E-state index contributed by atoms with van der Waals surface area (Å²) in [5, 5.41) is 3.53. The van der Waals surface area contributed by atoms with Crippen molar-refractivity contribution in [3.8, 4) is 0 Å². The Morgan fingerprint density at radius 3 is 2.03 bits per heavy atom. The van der Waals surface area contributed by atoms with E-state index in [1.807, 2.05) is 6.92 Å². The van der Waals surface area contributed by atoms with Gasteiger partial charge in [0.25, 0.3) is 10.0 Å². The van der Waals surface area contributed by atoms with E-state index in [1.54, 1.807) is 49.4 Å². The lowest BCUT2D eigenvalue weighted by Gasteiger charge is -2.32. The summed E-state index contributed by atoms with van der Waals surface area (Å²) in [6.07, 6.45) is 0. The minimum Gasteiger partial charge on any atom is -0.357 e. The number of halogens is 3. The van der Waals surface area contributed by atoms with Crippen LogP contribution in [0.3, 0.4) is 0 Å². The van der Waals surface area contributed by atoms with Crippen LogP contribution in [0.5, 0.6) is 0 Å². The molecule has 2 amide bonds. The highest BCUT2D eigenvalue weighted by atomic mass is 35.5. The van der Waals surface area contributed by atoms with Crippen molar-refractivity contribution in [2.75, 3.05) is 17.9 Å². The normalized spacial score (nSPS) is 12.1. The Labute approximate surface area is 232 Å². The molecule has 11 heteroatoms. The summed E-state index contributed by atoms with van der Waals surface area (Å²) < 4.78 is 28.4. The van der Waals surface area contributed by atoms with E-state index in [0.717, 1.165) is 9.87 Å². The van der Waals surface area contributed by atoms with Crippen molar-refractivity contribution in [3.05, 3.63) is 92.9 Å². The zero-order valence-corrected chi connectivity index (χ0v) is 23.5. The van der Waals surface area contributed by atoms with Gasteiger partial charge in [-0.1, -0.05) is 58.6 Å². The Hall–Kier alpha value is -2.78. The minimum atomic E-state index is -4.18. The van der Waals surface area contributed by atoms with Crippen LogP contribution < -0.4 is 9.62 Å². The van der Waals surface area contributed by atoms with Gasteiger partial charge in [0.15, 0.2) is 0 Å². The molecule has 0 unspecified atom stereocenters. The highest BCUT2D eigenvalue weighted by Crippen LogP contribution is 2.28. The third kappa shape index (κ3) is 6.76. The molecule has 0 bridgehead atoms. The van der Waals surface area contributed by atoms with E-state index in [-0.39, 0.29) is 17.1 Å². The van der Waals surface area contributed by atoms with Crippen LogP contribution in [0.4, 0.5) is 5.69 Å². The lowest BCUT2D eigenvalue weighted by atomic mass is 10.1. The van der Waals surface area contributed by atoms with Crippen LogP contribution in [0, 0.1) is 6.92 Å². The SMILES string of the molecule is CNC(=O)[C@H](C)N(Cc1c(Cl)cccc1Cl)C(=O)CN(c1ccc(C)cc1)S(=O)(=O)c1ccc(Cl)cc1. The van der Waals surface area contributed by atoms with Crippen molar-refractivity contribution in [2.45, 2.75) is 31.3 Å². The first-order valence-corrected chi connectivity index (χ1v) is 13.8. The molecule has 0 fully saturated rings. The van der Waals surface area contributed by atoms with Crippen LogP contribution >= 0.6 is 34.8 Å². The molecular weight excluding hydrogens is 557 g/mol. The zero-order valence-electron chi connectivity index (χ0n) is 20.4. The predicted octanol–water partition coefficient (Wildman–Crippen LogP) is 5.31. The average Bonchev–Trinajstić information content (AvgIpc) is 2.87. The molecule has 0 aliphatic heterocycles. The minimum absolute atomic E-state index is 0.0367. The van der Waals surface area contributed by atoms with Gasteiger partial charge in [-0.05, 0) is 62.4 Å². The largest absolute Gasteiger partial charge is 0.357 e. The third-order valence-electron chi connectivity index (χ3n) is 5.81. The number of nitrogens with zero attached hydrogens (tertiary/aromatic N) is 2. The number of sulfonamides is 1. The Morgan fingerprint density at radius 2 is 1.49 bits per heavy atom. The van der Waals surface area contributed by atoms with Gasteiger partial charge in [-0.3, -0.25) is 13.9 Å².